The van der Waals surface area contributed by atoms with Crippen molar-refractivity contribution in [3.63, 3.8) is 0 Å². The molecule has 0 saturated heterocycles. The first kappa shape index (κ1) is 10.6. The standard InChI is InChI=1S/C8H16O3/c1-8(10)4-2-3-6-11-7-5-9/h9H,2-7H2,1H3. The third-order valence-corrected chi connectivity index (χ3v) is 1.30. The van der Waals surface area contributed by atoms with E-state index in [9.17, 15) is 4.79 Å². The fourth-order valence-corrected chi connectivity index (χ4v) is 0.745. The van der Waals surface area contributed by atoms with E-state index < -0.39 is 0 Å². The summed E-state index contributed by atoms with van der Waals surface area (Å²) >= 11 is 0. The van der Waals surface area contributed by atoms with Gasteiger partial charge in [-0.15, -0.1) is 0 Å². The Morgan fingerprint density at radius 1 is 1.36 bits per heavy atom. The van der Waals surface area contributed by atoms with Crippen molar-refractivity contribution < 1.29 is 14.6 Å². The highest BCUT2D eigenvalue weighted by Gasteiger charge is 1.92. The molecule has 0 heterocycles. The number of carbonyl (C=O) groups excluding carboxylic acids is 1. The van der Waals surface area contributed by atoms with Crippen LogP contribution in [0, 0.1) is 0 Å². The van der Waals surface area contributed by atoms with Gasteiger partial charge >= 0.3 is 0 Å². The van der Waals surface area contributed by atoms with Crippen molar-refractivity contribution in [2.45, 2.75) is 26.2 Å². The van der Waals surface area contributed by atoms with Gasteiger partial charge in [-0.25, -0.2) is 0 Å². The Bertz CT molecular complexity index is 102. The Kier molecular flexibility index (Phi) is 7.41. The fraction of sp³-hybridized carbons (Fsp3) is 0.875. The van der Waals surface area contributed by atoms with E-state index in [0.29, 0.717) is 19.6 Å². The number of ketones is 1. The van der Waals surface area contributed by atoms with Crippen molar-refractivity contribution >= 4 is 5.78 Å². The zero-order valence-corrected chi connectivity index (χ0v) is 7.01. The van der Waals surface area contributed by atoms with Crippen LogP contribution in [0.5, 0.6) is 0 Å². The smallest absolute Gasteiger partial charge is 0.129 e. The van der Waals surface area contributed by atoms with Crippen LogP contribution in [0.2, 0.25) is 0 Å². The lowest BCUT2D eigenvalue weighted by atomic mass is 10.2. The van der Waals surface area contributed by atoms with Crippen LogP contribution >= 0.6 is 0 Å². The second-order valence-electron chi connectivity index (χ2n) is 2.50. The average Bonchev–Trinajstić information content (AvgIpc) is 1.96. The molecule has 0 atom stereocenters. The maximum absolute atomic E-state index is 10.5. The molecule has 0 fully saturated rings. The molecule has 66 valence electrons. The van der Waals surface area contributed by atoms with E-state index in [-0.39, 0.29) is 12.4 Å². The zero-order chi connectivity index (χ0) is 8.53. The third kappa shape index (κ3) is 9.59. The Balaban J connectivity index is 2.85. The highest BCUT2D eigenvalue weighted by molar-refractivity contribution is 5.75. The van der Waals surface area contributed by atoms with Gasteiger partial charge in [-0.1, -0.05) is 0 Å². The summed E-state index contributed by atoms with van der Waals surface area (Å²) in [4.78, 5) is 10.5. The molecule has 11 heavy (non-hydrogen) atoms. The molecular weight excluding hydrogens is 144 g/mol. The van der Waals surface area contributed by atoms with E-state index in [1.165, 1.54) is 0 Å². The number of ether oxygens (including phenoxy) is 1. The number of unbranched alkanes of at least 4 members (excludes halogenated alkanes) is 1. The summed E-state index contributed by atoms with van der Waals surface area (Å²) in [5, 5.41) is 8.33. The number of hydrogen-bond donors (Lipinski definition) is 1. The quantitative estimate of drug-likeness (QED) is 0.559. The minimum absolute atomic E-state index is 0.0761. The van der Waals surface area contributed by atoms with Gasteiger partial charge in [0.1, 0.15) is 5.78 Å². The zero-order valence-electron chi connectivity index (χ0n) is 7.01. The lowest BCUT2D eigenvalue weighted by Gasteiger charge is -1.99. The van der Waals surface area contributed by atoms with Crippen molar-refractivity contribution in [3.05, 3.63) is 0 Å². The van der Waals surface area contributed by atoms with E-state index in [1.54, 1.807) is 6.92 Å². The van der Waals surface area contributed by atoms with E-state index in [1.807, 2.05) is 0 Å². The Labute approximate surface area is 67.4 Å². The van der Waals surface area contributed by atoms with Crippen LogP contribution in [0.3, 0.4) is 0 Å². The summed E-state index contributed by atoms with van der Waals surface area (Å²) in [5.41, 5.74) is 0. The molecule has 3 nitrogen and oxygen atoms in total. The predicted molar refractivity (Wildman–Crippen MR) is 42.4 cm³/mol. The third-order valence-electron chi connectivity index (χ3n) is 1.30. The van der Waals surface area contributed by atoms with Gasteiger partial charge in [-0.3, -0.25) is 0 Å². The number of rotatable bonds is 7. The Morgan fingerprint density at radius 3 is 2.64 bits per heavy atom. The number of aliphatic hydroxyl groups is 1. The lowest BCUT2D eigenvalue weighted by Crippen LogP contribution is -2.01. The lowest BCUT2D eigenvalue weighted by molar-refractivity contribution is -0.117. The van der Waals surface area contributed by atoms with Gasteiger partial charge < -0.3 is 14.6 Å². The predicted octanol–water partition coefficient (Wildman–Crippen LogP) is 0.755. The van der Waals surface area contributed by atoms with Crippen molar-refractivity contribution in [2.75, 3.05) is 19.8 Å². The van der Waals surface area contributed by atoms with Gasteiger partial charge in [0.2, 0.25) is 0 Å². The maximum Gasteiger partial charge on any atom is 0.129 e. The molecule has 3 heteroatoms. The number of carbonyl (C=O) groups is 1. The van der Waals surface area contributed by atoms with Gasteiger partial charge in [0.25, 0.3) is 0 Å². The SMILES string of the molecule is CC(=O)CCCCOCCO. The topological polar surface area (TPSA) is 46.5 Å². The van der Waals surface area contributed by atoms with Crippen molar-refractivity contribution in [1.29, 1.82) is 0 Å². The first-order valence-corrected chi connectivity index (χ1v) is 3.95. The molecule has 0 aromatic rings. The summed E-state index contributed by atoms with van der Waals surface area (Å²) in [6.07, 6.45) is 2.43. The molecule has 0 radical (unpaired) electrons. The van der Waals surface area contributed by atoms with Crippen molar-refractivity contribution in [1.82, 2.24) is 0 Å². The monoisotopic (exact) mass is 160 g/mol. The fourth-order valence-electron chi connectivity index (χ4n) is 0.745. The first-order valence-electron chi connectivity index (χ1n) is 3.95. The van der Waals surface area contributed by atoms with Gasteiger partial charge in [0, 0.05) is 13.0 Å². The van der Waals surface area contributed by atoms with E-state index in [0.717, 1.165) is 12.8 Å². The summed E-state index contributed by atoms with van der Waals surface area (Å²) in [6, 6.07) is 0. The number of hydrogen-bond acceptors (Lipinski definition) is 3. The highest BCUT2D eigenvalue weighted by Crippen LogP contribution is 1.95. The van der Waals surface area contributed by atoms with Crippen LogP contribution in [0.15, 0.2) is 0 Å². The molecule has 1 N–H and O–H groups in total. The summed E-state index contributed by atoms with van der Waals surface area (Å²) in [7, 11) is 0. The van der Waals surface area contributed by atoms with Gasteiger partial charge in [0.05, 0.1) is 13.2 Å². The minimum atomic E-state index is 0.0761. The molecular formula is C8H16O3. The van der Waals surface area contributed by atoms with Crippen molar-refractivity contribution in [3.8, 4) is 0 Å². The highest BCUT2D eigenvalue weighted by atomic mass is 16.5. The van der Waals surface area contributed by atoms with Crippen LogP contribution in [0.4, 0.5) is 0 Å². The maximum atomic E-state index is 10.5. The Morgan fingerprint density at radius 2 is 2.09 bits per heavy atom. The molecule has 0 amide bonds. The molecule has 0 bridgehead atoms. The first-order chi connectivity index (χ1) is 5.27. The summed E-state index contributed by atoms with van der Waals surface area (Å²) in [6.45, 7) is 2.72. The second kappa shape index (κ2) is 7.69. The van der Waals surface area contributed by atoms with Gasteiger partial charge in [-0.2, -0.15) is 0 Å². The normalized spacial score (nSPS) is 10.0. The van der Waals surface area contributed by atoms with Crippen LogP contribution in [0.25, 0.3) is 0 Å². The molecule has 0 saturated carbocycles. The second-order valence-corrected chi connectivity index (χ2v) is 2.50. The summed E-state index contributed by atoms with van der Waals surface area (Å²) in [5.74, 6) is 0.229. The molecule has 0 aliphatic rings. The van der Waals surface area contributed by atoms with Crippen LogP contribution in [-0.4, -0.2) is 30.7 Å². The molecule has 0 aromatic heterocycles. The van der Waals surface area contributed by atoms with E-state index in [4.69, 9.17) is 9.84 Å². The molecule has 0 unspecified atom stereocenters. The molecule has 0 aliphatic heterocycles. The molecule has 0 rings (SSSR count). The largest absolute Gasteiger partial charge is 0.394 e. The molecule has 0 spiro atoms. The minimum Gasteiger partial charge on any atom is -0.394 e. The van der Waals surface area contributed by atoms with Gasteiger partial charge in [0.15, 0.2) is 0 Å². The van der Waals surface area contributed by atoms with Gasteiger partial charge in [-0.05, 0) is 19.8 Å². The Hall–Kier alpha value is -0.410. The summed E-state index contributed by atoms with van der Waals surface area (Å²) < 4.78 is 5.00. The number of aliphatic hydroxyl groups excluding tert-OH is 1. The van der Waals surface area contributed by atoms with Crippen LogP contribution in [0.1, 0.15) is 26.2 Å². The molecule has 0 aromatic carbocycles. The van der Waals surface area contributed by atoms with E-state index in [2.05, 4.69) is 0 Å². The van der Waals surface area contributed by atoms with Crippen LogP contribution < -0.4 is 0 Å². The number of Topliss-reactive ketones (excluding diaryl/α,β-unsaturated/α-hetero) is 1. The van der Waals surface area contributed by atoms with E-state index >= 15 is 0 Å². The van der Waals surface area contributed by atoms with Crippen LogP contribution in [-0.2, 0) is 9.53 Å². The molecule has 0 aliphatic carbocycles. The average molecular weight is 160 g/mol. The van der Waals surface area contributed by atoms with Crippen molar-refractivity contribution in [2.24, 2.45) is 0 Å².